The molecule has 0 spiro atoms. The van der Waals surface area contributed by atoms with Crippen molar-refractivity contribution in [3.8, 4) is 0 Å². The molecule has 13 heavy (non-hydrogen) atoms. The van der Waals surface area contributed by atoms with E-state index in [2.05, 4.69) is 24.5 Å². The number of hydrogen-bond acceptors (Lipinski definition) is 2. The quantitative estimate of drug-likeness (QED) is 0.750. The number of thioether (sulfide) groups is 1. The smallest absolute Gasteiger partial charge is 0.0577 e. The maximum atomic E-state index is 9.43. The second-order valence-corrected chi connectivity index (χ2v) is 4.19. The molecule has 0 aliphatic rings. The molecular formula is C11H16OS. The number of rotatable bonds is 3. The van der Waals surface area contributed by atoms with Crippen LogP contribution in [0.4, 0.5) is 0 Å². The van der Waals surface area contributed by atoms with Crippen molar-refractivity contribution in [2.45, 2.75) is 30.8 Å². The first-order chi connectivity index (χ1) is 6.15. The molecule has 1 N–H and O–H groups in total. The summed E-state index contributed by atoms with van der Waals surface area (Å²) in [5.74, 6) is 0.215. The lowest BCUT2D eigenvalue weighted by Gasteiger charge is -2.15. The molecular weight excluding hydrogens is 180 g/mol. The molecule has 1 nitrogen and oxygen atoms in total. The minimum absolute atomic E-state index is 0.215. The third kappa shape index (κ3) is 2.75. The molecule has 0 aliphatic carbocycles. The summed E-state index contributed by atoms with van der Waals surface area (Å²) in [5.41, 5.74) is 1.21. The van der Waals surface area contributed by atoms with E-state index in [1.54, 1.807) is 11.8 Å². The molecule has 1 rings (SSSR count). The molecule has 72 valence electrons. The van der Waals surface area contributed by atoms with Gasteiger partial charge in [0.1, 0.15) is 0 Å². The summed E-state index contributed by atoms with van der Waals surface area (Å²) in [5, 5.41) is 9.43. The zero-order valence-electron chi connectivity index (χ0n) is 8.32. The molecule has 2 heteroatoms. The maximum Gasteiger partial charge on any atom is 0.0577 e. The van der Waals surface area contributed by atoms with E-state index in [0.717, 1.165) is 0 Å². The standard InChI is InChI=1S/C11H16OS/c1-8(9(2)12)10-5-4-6-11(7-10)13-3/h4-9,12H,1-3H3. The lowest BCUT2D eigenvalue weighted by molar-refractivity contribution is 0.169. The van der Waals surface area contributed by atoms with Gasteiger partial charge in [-0.1, -0.05) is 19.1 Å². The van der Waals surface area contributed by atoms with Crippen molar-refractivity contribution in [1.82, 2.24) is 0 Å². The summed E-state index contributed by atoms with van der Waals surface area (Å²) >= 11 is 1.73. The zero-order chi connectivity index (χ0) is 9.84. The van der Waals surface area contributed by atoms with Crippen LogP contribution in [0.25, 0.3) is 0 Å². The largest absolute Gasteiger partial charge is 0.393 e. The van der Waals surface area contributed by atoms with Gasteiger partial charge in [-0.05, 0) is 30.9 Å². The zero-order valence-corrected chi connectivity index (χ0v) is 9.14. The average Bonchev–Trinajstić information content (AvgIpc) is 2.16. The van der Waals surface area contributed by atoms with Crippen LogP contribution in [0, 0.1) is 0 Å². The summed E-state index contributed by atoms with van der Waals surface area (Å²) in [4.78, 5) is 1.25. The van der Waals surface area contributed by atoms with Crippen LogP contribution in [0.2, 0.25) is 0 Å². The first kappa shape index (κ1) is 10.6. The normalized spacial score (nSPS) is 15.4. The molecule has 0 radical (unpaired) electrons. The lowest BCUT2D eigenvalue weighted by Crippen LogP contribution is -2.10. The van der Waals surface area contributed by atoms with Gasteiger partial charge >= 0.3 is 0 Å². The Bertz CT molecular complexity index is 271. The Hall–Kier alpha value is -0.470. The Morgan fingerprint density at radius 1 is 1.31 bits per heavy atom. The van der Waals surface area contributed by atoms with Crippen LogP contribution in [0.1, 0.15) is 25.3 Å². The first-order valence-corrected chi connectivity index (χ1v) is 5.69. The second kappa shape index (κ2) is 4.68. The van der Waals surface area contributed by atoms with E-state index < -0.39 is 0 Å². The number of hydrogen-bond donors (Lipinski definition) is 1. The minimum atomic E-state index is -0.280. The highest BCUT2D eigenvalue weighted by Crippen LogP contribution is 2.23. The predicted octanol–water partition coefficient (Wildman–Crippen LogP) is 2.89. The number of benzene rings is 1. The summed E-state index contributed by atoms with van der Waals surface area (Å²) in [7, 11) is 0. The van der Waals surface area contributed by atoms with Gasteiger partial charge in [-0.25, -0.2) is 0 Å². The van der Waals surface area contributed by atoms with Crippen molar-refractivity contribution >= 4 is 11.8 Å². The Balaban J connectivity index is 2.88. The van der Waals surface area contributed by atoms with Gasteiger partial charge in [0.2, 0.25) is 0 Å². The fraction of sp³-hybridized carbons (Fsp3) is 0.455. The van der Waals surface area contributed by atoms with Gasteiger partial charge in [0, 0.05) is 10.8 Å². The average molecular weight is 196 g/mol. The minimum Gasteiger partial charge on any atom is -0.393 e. The van der Waals surface area contributed by atoms with E-state index in [-0.39, 0.29) is 12.0 Å². The highest BCUT2D eigenvalue weighted by molar-refractivity contribution is 7.98. The van der Waals surface area contributed by atoms with E-state index in [4.69, 9.17) is 0 Å². The summed E-state index contributed by atoms with van der Waals surface area (Å²) < 4.78 is 0. The van der Waals surface area contributed by atoms with Crippen molar-refractivity contribution in [2.75, 3.05) is 6.26 Å². The van der Waals surface area contributed by atoms with Gasteiger partial charge in [0.25, 0.3) is 0 Å². The van der Waals surface area contributed by atoms with E-state index in [1.165, 1.54) is 10.5 Å². The topological polar surface area (TPSA) is 20.2 Å². The van der Waals surface area contributed by atoms with E-state index in [9.17, 15) is 5.11 Å². The summed E-state index contributed by atoms with van der Waals surface area (Å²) in [6, 6.07) is 8.34. The number of aliphatic hydroxyl groups excluding tert-OH is 1. The van der Waals surface area contributed by atoms with E-state index in [1.807, 2.05) is 19.9 Å². The SMILES string of the molecule is CSc1cccc(C(C)C(C)O)c1. The number of aliphatic hydroxyl groups is 1. The van der Waals surface area contributed by atoms with Gasteiger partial charge in [-0.15, -0.1) is 11.8 Å². The van der Waals surface area contributed by atoms with Crippen molar-refractivity contribution in [1.29, 1.82) is 0 Å². The third-order valence-electron chi connectivity index (χ3n) is 2.34. The molecule has 2 atom stereocenters. The van der Waals surface area contributed by atoms with E-state index in [0.29, 0.717) is 0 Å². The molecule has 1 aromatic carbocycles. The van der Waals surface area contributed by atoms with Gasteiger partial charge in [0.05, 0.1) is 6.10 Å². The van der Waals surface area contributed by atoms with Crippen molar-refractivity contribution < 1.29 is 5.11 Å². The van der Waals surface area contributed by atoms with Crippen molar-refractivity contribution in [3.63, 3.8) is 0 Å². The third-order valence-corrected chi connectivity index (χ3v) is 3.07. The molecule has 0 heterocycles. The Labute approximate surface area is 84.2 Å². The Morgan fingerprint density at radius 2 is 2.00 bits per heavy atom. The molecule has 1 aromatic rings. The Morgan fingerprint density at radius 3 is 2.54 bits per heavy atom. The molecule has 0 fully saturated rings. The first-order valence-electron chi connectivity index (χ1n) is 4.47. The van der Waals surface area contributed by atoms with Gasteiger partial charge in [-0.2, -0.15) is 0 Å². The molecule has 0 aliphatic heterocycles. The van der Waals surface area contributed by atoms with Crippen LogP contribution in [0.15, 0.2) is 29.2 Å². The predicted molar refractivity (Wildman–Crippen MR) is 58.3 cm³/mol. The fourth-order valence-corrected chi connectivity index (χ4v) is 1.67. The molecule has 0 aromatic heterocycles. The monoisotopic (exact) mass is 196 g/mol. The summed E-state index contributed by atoms with van der Waals surface area (Å²) in [6.45, 7) is 3.88. The van der Waals surface area contributed by atoms with Crippen LogP contribution in [0.5, 0.6) is 0 Å². The maximum absolute atomic E-state index is 9.43. The molecule has 2 unspecified atom stereocenters. The highest BCUT2D eigenvalue weighted by atomic mass is 32.2. The molecule has 0 bridgehead atoms. The Kier molecular flexibility index (Phi) is 3.82. The van der Waals surface area contributed by atoms with Crippen molar-refractivity contribution in [2.24, 2.45) is 0 Å². The molecule has 0 amide bonds. The van der Waals surface area contributed by atoms with Crippen LogP contribution < -0.4 is 0 Å². The van der Waals surface area contributed by atoms with Crippen LogP contribution in [-0.4, -0.2) is 17.5 Å². The van der Waals surface area contributed by atoms with E-state index >= 15 is 0 Å². The lowest BCUT2D eigenvalue weighted by atomic mass is 9.97. The van der Waals surface area contributed by atoms with Gasteiger partial charge < -0.3 is 5.11 Å². The van der Waals surface area contributed by atoms with Crippen LogP contribution in [-0.2, 0) is 0 Å². The molecule has 0 saturated heterocycles. The van der Waals surface area contributed by atoms with Gasteiger partial charge in [-0.3, -0.25) is 0 Å². The van der Waals surface area contributed by atoms with Crippen molar-refractivity contribution in [3.05, 3.63) is 29.8 Å². The summed E-state index contributed by atoms with van der Waals surface area (Å²) in [6.07, 6.45) is 1.78. The fourth-order valence-electron chi connectivity index (χ4n) is 1.20. The van der Waals surface area contributed by atoms with Crippen LogP contribution in [0.3, 0.4) is 0 Å². The van der Waals surface area contributed by atoms with Gasteiger partial charge in [0.15, 0.2) is 0 Å². The molecule has 0 saturated carbocycles. The highest BCUT2D eigenvalue weighted by Gasteiger charge is 2.11. The second-order valence-electron chi connectivity index (χ2n) is 3.31. The van der Waals surface area contributed by atoms with Crippen LogP contribution >= 0.6 is 11.8 Å².